The zero-order valence-corrected chi connectivity index (χ0v) is 18.4. The molecule has 0 aromatic heterocycles. The number of aryl methyl sites for hydroxylation is 2. The highest BCUT2D eigenvalue weighted by molar-refractivity contribution is 5.85. The van der Waals surface area contributed by atoms with E-state index in [1.807, 2.05) is 0 Å². The summed E-state index contributed by atoms with van der Waals surface area (Å²) >= 11 is 0. The van der Waals surface area contributed by atoms with Gasteiger partial charge < -0.3 is 10.0 Å². The van der Waals surface area contributed by atoms with Gasteiger partial charge in [-0.2, -0.15) is 0 Å². The smallest absolute Gasteiger partial charge is 0.303 e. The van der Waals surface area contributed by atoms with E-state index in [2.05, 4.69) is 59.5 Å². The molecule has 0 amide bonds. The summed E-state index contributed by atoms with van der Waals surface area (Å²) in [5, 5.41) is 8.88. The molecule has 0 saturated carbocycles. The van der Waals surface area contributed by atoms with Crippen LogP contribution in [0.1, 0.15) is 54.4 Å². The number of carboxylic acids is 1. The van der Waals surface area contributed by atoms with E-state index in [9.17, 15) is 4.79 Å². The number of carboxylic acid groups (broad SMARTS) is 1. The topological polar surface area (TPSA) is 40.5 Å². The van der Waals surface area contributed by atoms with Crippen LogP contribution < -0.4 is 0 Å². The summed E-state index contributed by atoms with van der Waals surface area (Å²) < 4.78 is 0. The summed E-state index contributed by atoms with van der Waals surface area (Å²) in [5.41, 5.74) is 7.09. The largest absolute Gasteiger partial charge is 0.481 e. The Morgan fingerprint density at radius 1 is 0.967 bits per heavy atom. The number of likely N-dealkylation sites (tertiary alicyclic amines) is 1. The van der Waals surface area contributed by atoms with E-state index in [4.69, 9.17) is 5.11 Å². The van der Waals surface area contributed by atoms with Crippen molar-refractivity contribution in [2.45, 2.75) is 44.9 Å². The van der Waals surface area contributed by atoms with Crippen molar-refractivity contribution in [2.24, 2.45) is 5.92 Å². The standard InChI is InChI=1S/C26H31NO2.ClH/c28-26(29)14-11-20-15-18-27(19-16-20)17-5-10-25-23-8-3-1-6-21(23)12-13-22-7-2-4-9-24(22)25;/h1-4,6-10,20H,5,11-19H2,(H,28,29);1H. The van der Waals surface area contributed by atoms with Gasteiger partial charge in [0.15, 0.2) is 0 Å². The molecule has 0 unspecified atom stereocenters. The van der Waals surface area contributed by atoms with E-state index in [1.54, 1.807) is 0 Å². The van der Waals surface area contributed by atoms with Crippen molar-refractivity contribution in [3.05, 3.63) is 76.9 Å². The van der Waals surface area contributed by atoms with Crippen molar-refractivity contribution in [1.29, 1.82) is 0 Å². The van der Waals surface area contributed by atoms with Gasteiger partial charge in [0.1, 0.15) is 0 Å². The van der Waals surface area contributed by atoms with Crippen molar-refractivity contribution in [2.75, 3.05) is 19.6 Å². The minimum Gasteiger partial charge on any atom is -0.481 e. The van der Waals surface area contributed by atoms with E-state index < -0.39 is 5.97 Å². The van der Waals surface area contributed by atoms with Crippen LogP contribution in [0.4, 0.5) is 0 Å². The minimum atomic E-state index is -0.664. The second-order valence-corrected chi connectivity index (χ2v) is 8.44. The van der Waals surface area contributed by atoms with Gasteiger partial charge in [0.2, 0.25) is 0 Å². The van der Waals surface area contributed by atoms with Gasteiger partial charge in [-0.05, 0) is 85.4 Å². The fraction of sp³-hybridized carbons (Fsp3) is 0.423. The van der Waals surface area contributed by atoms with Crippen LogP contribution in [0.5, 0.6) is 0 Å². The first-order valence-corrected chi connectivity index (χ1v) is 11.0. The number of nitrogens with zero attached hydrogens (tertiary/aromatic N) is 1. The Morgan fingerprint density at radius 3 is 2.10 bits per heavy atom. The normalized spacial score (nSPS) is 16.7. The number of piperidine rings is 1. The molecule has 0 atom stereocenters. The predicted octanol–water partition coefficient (Wildman–Crippen LogP) is 5.61. The van der Waals surface area contributed by atoms with Crippen molar-refractivity contribution in [3.8, 4) is 0 Å². The molecule has 3 nitrogen and oxygen atoms in total. The maximum Gasteiger partial charge on any atom is 0.303 e. The Kier molecular flexibility index (Phi) is 8.12. The van der Waals surface area contributed by atoms with E-state index in [1.165, 1.54) is 27.8 Å². The highest BCUT2D eigenvalue weighted by atomic mass is 35.5. The molecule has 1 fully saturated rings. The van der Waals surface area contributed by atoms with Crippen LogP contribution in [-0.4, -0.2) is 35.6 Å². The molecule has 4 rings (SSSR count). The van der Waals surface area contributed by atoms with Crippen molar-refractivity contribution >= 4 is 23.9 Å². The average molecular weight is 426 g/mol. The first-order chi connectivity index (χ1) is 14.2. The van der Waals surface area contributed by atoms with E-state index in [-0.39, 0.29) is 12.4 Å². The van der Waals surface area contributed by atoms with Crippen LogP contribution in [0.2, 0.25) is 0 Å². The number of fused-ring (bicyclic) bond motifs is 2. The van der Waals surface area contributed by atoms with Gasteiger partial charge in [-0.3, -0.25) is 4.79 Å². The van der Waals surface area contributed by atoms with Crippen molar-refractivity contribution in [1.82, 2.24) is 4.90 Å². The van der Waals surface area contributed by atoms with Gasteiger partial charge in [0, 0.05) is 13.0 Å². The third-order valence-corrected chi connectivity index (χ3v) is 6.55. The Bertz CT molecular complexity index is 835. The lowest BCUT2D eigenvalue weighted by Crippen LogP contribution is -2.34. The molecular weight excluding hydrogens is 394 g/mol. The second kappa shape index (κ2) is 10.8. The van der Waals surface area contributed by atoms with Gasteiger partial charge in [-0.15, -0.1) is 12.4 Å². The molecule has 30 heavy (non-hydrogen) atoms. The summed E-state index contributed by atoms with van der Waals surface area (Å²) in [4.78, 5) is 13.3. The highest BCUT2D eigenvalue weighted by Crippen LogP contribution is 2.33. The Labute approximate surface area is 186 Å². The molecule has 2 aromatic rings. The Hall–Kier alpha value is -2.10. The molecule has 2 aromatic carbocycles. The van der Waals surface area contributed by atoms with Crippen LogP contribution in [0, 0.1) is 5.92 Å². The molecule has 4 heteroatoms. The SMILES string of the molecule is Cl.O=C(O)CCC1CCN(CCC=C2c3ccccc3CCc3ccccc32)CC1. The molecular formula is C26H32ClNO2. The van der Waals surface area contributed by atoms with Gasteiger partial charge in [0.25, 0.3) is 0 Å². The lowest BCUT2D eigenvalue weighted by molar-refractivity contribution is -0.137. The zero-order chi connectivity index (χ0) is 20.1. The molecule has 1 aliphatic heterocycles. The van der Waals surface area contributed by atoms with Crippen molar-refractivity contribution in [3.63, 3.8) is 0 Å². The lowest BCUT2D eigenvalue weighted by atomic mass is 9.91. The second-order valence-electron chi connectivity index (χ2n) is 8.44. The summed E-state index contributed by atoms with van der Waals surface area (Å²) in [6, 6.07) is 17.7. The average Bonchev–Trinajstić information content (AvgIpc) is 2.90. The fourth-order valence-corrected chi connectivity index (χ4v) is 4.85. The van der Waals surface area contributed by atoms with E-state index >= 15 is 0 Å². The molecule has 0 bridgehead atoms. The third kappa shape index (κ3) is 5.53. The summed E-state index contributed by atoms with van der Waals surface area (Å²) in [5.74, 6) is -0.0793. The van der Waals surface area contributed by atoms with Gasteiger partial charge in [-0.25, -0.2) is 0 Å². The summed E-state index contributed by atoms with van der Waals surface area (Å²) in [6.07, 6.45) is 9.13. The number of rotatable bonds is 6. The van der Waals surface area contributed by atoms with Crippen molar-refractivity contribution < 1.29 is 9.90 Å². The predicted molar refractivity (Wildman–Crippen MR) is 125 cm³/mol. The van der Waals surface area contributed by atoms with Crippen LogP contribution in [0.15, 0.2) is 54.6 Å². The van der Waals surface area contributed by atoms with Gasteiger partial charge >= 0.3 is 5.97 Å². The van der Waals surface area contributed by atoms with Crippen LogP contribution in [0.25, 0.3) is 5.57 Å². The number of hydrogen-bond acceptors (Lipinski definition) is 2. The number of benzene rings is 2. The van der Waals surface area contributed by atoms with Gasteiger partial charge in [0.05, 0.1) is 0 Å². The number of halogens is 1. The molecule has 1 heterocycles. The first kappa shape index (κ1) is 22.6. The summed E-state index contributed by atoms with van der Waals surface area (Å²) in [7, 11) is 0. The number of hydrogen-bond donors (Lipinski definition) is 1. The number of aliphatic carboxylic acids is 1. The fourth-order valence-electron chi connectivity index (χ4n) is 4.85. The minimum absolute atomic E-state index is 0. The van der Waals surface area contributed by atoms with Crippen LogP contribution in [0.3, 0.4) is 0 Å². The maximum absolute atomic E-state index is 10.8. The third-order valence-electron chi connectivity index (χ3n) is 6.55. The number of carbonyl (C=O) groups is 1. The van der Waals surface area contributed by atoms with E-state index in [0.29, 0.717) is 12.3 Å². The van der Waals surface area contributed by atoms with E-state index in [0.717, 1.165) is 58.2 Å². The Morgan fingerprint density at radius 2 is 1.53 bits per heavy atom. The monoisotopic (exact) mass is 425 g/mol. The zero-order valence-electron chi connectivity index (χ0n) is 17.6. The molecule has 160 valence electrons. The van der Waals surface area contributed by atoms with Crippen LogP contribution in [-0.2, 0) is 17.6 Å². The molecule has 1 N–H and O–H groups in total. The molecule has 1 saturated heterocycles. The Balaban J connectivity index is 0.00000256. The molecule has 0 radical (unpaired) electrons. The highest BCUT2D eigenvalue weighted by Gasteiger charge is 2.20. The quantitative estimate of drug-likeness (QED) is 0.654. The molecule has 1 aliphatic carbocycles. The molecule has 0 spiro atoms. The maximum atomic E-state index is 10.8. The van der Waals surface area contributed by atoms with Gasteiger partial charge in [-0.1, -0.05) is 54.6 Å². The lowest BCUT2D eigenvalue weighted by Gasteiger charge is -2.31. The molecule has 2 aliphatic rings. The van der Waals surface area contributed by atoms with Crippen LogP contribution >= 0.6 is 12.4 Å². The summed E-state index contributed by atoms with van der Waals surface area (Å²) in [6.45, 7) is 3.28. The first-order valence-electron chi connectivity index (χ1n) is 11.0.